The summed E-state index contributed by atoms with van der Waals surface area (Å²) in [4.78, 5) is 15.9. The van der Waals surface area contributed by atoms with Crippen molar-refractivity contribution < 1.29 is 4.79 Å². The van der Waals surface area contributed by atoms with Crippen molar-refractivity contribution in [3.8, 4) is 0 Å². The summed E-state index contributed by atoms with van der Waals surface area (Å²) in [7, 11) is 0. The Labute approximate surface area is 130 Å². The zero-order valence-corrected chi connectivity index (χ0v) is 12.8. The van der Waals surface area contributed by atoms with Crippen LogP contribution in [-0.2, 0) is 13.1 Å². The molecular weight excluding hydrogens is 321 g/mol. The Hall–Kier alpha value is -1.44. The van der Waals surface area contributed by atoms with Gasteiger partial charge in [-0.1, -0.05) is 23.2 Å². The first-order valence-electron chi connectivity index (χ1n) is 5.77. The summed E-state index contributed by atoms with van der Waals surface area (Å²) >= 11 is 16.7. The quantitative estimate of drug-likeness (QED) is 0.667. The highest BCUT2D eigenvalue weighted by Crippen LogP contribution is 2.16. The summed E-state index contributed by atoms with van der Waals surface area (Å²) in [6.45, 7) is 2.81. The molecule has 0 aliphatic rings. The molecule has 106 valence electrons. The van der Waals surface area contributed by atoms with E-state index >= 15 is 0 Å². The number of H-pyrrole nitrogens is 1. The molecule has 0 saturated carbocycles. The van der Waals surface area contributed by atoms with Gasteiger partial charge in [0.15, 0.2) is 10.6 Å². The zero-order valence-electron chi connectivity index (χ0n) is 10.5. The number of nitrogens with one attached hydrogen (secondary N) is 2. The number of aromatic amines is 1. The van der Waals surface area contributed by atoms with Gasteiger partial charge in [0.05, 0.1) is 11.6 Å². The van der Waals surface area contributed by atoms with E-state index in [0.29, 0.717) is 17.1 Å². The van der Waals surface area contributed by atoms with Crippen molar-refractivity contribution in [3.05, 3.63) is 38.6 Å². The van der Waals surface area contributed by atoms with Gasteiger partial charge in [-0.05, 0) is 31.3 Å². The van der Waals surface area contributed by atoms with Crippen LogP contribution in [0.1, 0.15) is 23.2 Å². The fourth-order valence-electron chi connectivity index (χ4n) is 1.63. The first kappa shape index (κ1) is 15.0. The number of rotatable bonds is 4. The molecular formula is C11H11Cl2N5OS. The summed E-state index contributed by atoms with van der Waals surface area (Å²) in [5, 5.41) is 9.84. The van der Waals surface area contributed by atoms with Crippen molar-refractivity contribution in [1.29, 1.82) is 0 Å². The first-order chi connectivity index (χ1) is 9.52. The molecule has 2 rings (SSSR count). The number of aromatic nitrogens is 4. The highest BCUT2D eigenvalue weighted by atomic mass is 35.5. The third-order valence-electron chi connectivity index (χ3n) is 2.59. The van der Waals surface area contributed by atoms with E-state index < -0.39 is 5.91 Å². The first-order valence-corrected chi connectivity index (χ1v) is 6.93. The van der Waals surface area contributed by atoms with Crippen molar-refractivity contribution in [3.63, 3.8) is 0 Å². The minimum atomic E-state index is -0.422. The highest BCUT2D eigenvalue weighted by molar-refractivity contribution is 7.71. The van der Waals surface area contributed by atoms with Crippen LogP contribution in [0, 0.1) is 4.77 Å². The minimum absolute atomic E-state index is 0.0800. The van der Waals surface area contributed by atoms with Crippen LogP contribution in [0.4, 0.5) is 0 Å². The third kappa shape index (κ3) is 3.17. The molecule has 0 aliphatic heterocycles. The van der Waals surface area contributed by atoms with Gasteiger partial charge in [0.1, 0.15) is 10.8 Å². The monoisotopic (exact) mass is 331 g/mol. The molecule has 1 amide bonds. The van der Waals surface area contributed by atoms with Crippen LogP contribution < -0.4 is 5.32 Å². The van der Waals surface area contributed by atoms with Gasteiger partial charge in [0.25, 0.3) is 5.91 Å². The van der Waals surface area contributed by atoms with Crippen LogP contribution >= 0.6 is 35.4 Å². The van der Waals surface area contributed by atoms with Crippen LogP contribution in [0.5, 0.6) is 0 Å². The molecule has 2 aromatic heterocycles. The summed E-state index contributed by atoms with van der Waals surface area (Å²) in [6.07, 6.45) is 0. The van der Waals surface area contributed by atoms with E-state index in [1.165, 1.54) is 12.1 Å². The predicted octanol–water partition coefficient (Wildman–Crippen LogP) is 2.59. The SMILES string of the molecule is CCn1c(CNC(=O)c2nc(Cl)ccc2Cl)n[nH]c1=S. The maximum Gasteiger partial charge on any atom is 0.271 e. The number of hydrogen-bond donors (Lipinski definition) is 2. The van der Waals surface area contributed by atoms with Gasteiger partial charge in [-0.15, -0.1) is 0 Å². The van der Waals surface area contributed by atoms with E-state index in [1.807, 2.05) is 6.92 Å². The number of carbonyl (C=O) groups excluding carboxylic acids is 1. The molecule has 0 spiro atoms. The molecule has 2 aromatic rings. The molecule has 0 atom stereocenters. The van der Waals surface area contributed by atoms with E-state index in [0.717, 1.165) is 0 Å². The molecule has 0 unspecified atom stereocenters. The largest absolute Gasteiger partial charge is 0.343 e. The second kappa shape index (κ2) is 6.34. The lowest BCUT2D eigenvalue weighted by molar-refractivity contribution is 0.0944. The number of halogens is 2. The van der Waals surface area contributed by atoms with Crippen LogP contribution in [0.2, 0.25) is 10.2 Å². The average molecular weight is 332 g/mol. The van der Waals surface area contributed by atoms with E-state index in [9.17, 15) is 4.79 Å². The summed E-state index contributed by atoms with van der Waals surface area (Å²) in [5.74, 6) is 0.207. The number of carbonyl (C=O) groups is 1. The fraction of sp³-hybridized carbons (Fsp3) is 0.273. The van der Waals surface area contributed by atoms with E-state index in [-0.39, 0.29) is 22.4 Å². The molecule has 0 fully saturated rings. The minimum Gasteiger partial charge on any atom is -0.343 e. The number of pyridine rings is 1. The predicted molar refractivity (Wildman–Crippen MR) is 78.5 cm³/mol. The topological polar surface area (TPSA) is 75.6 Å². The lowest BCUT2D eigenvalue weighted by atomic mass is 10.3. The van der Waals surface area contributed by atoms with Gasteiger partial charge in [0, 0.05) is 6.54 Å². The molecule has 6 nitrogen and oxygen atoms in total. The molecule has 0 bridgehead atoms. The van der Waals surface area contributed by atoms with Gasteiger partial charge in [0.2, 0.25) is 0 Å². The third-order valence-corrected chi connectivity index (χ3v) is 3.41. The van der Waals surface area contributed by atoms with Crippen LogP contribution in [-0.4, -0.2) is 25.7 Å². The molecule has 0 saturated heterocycles. The fourth-order valence-corrected chi connectivity index (χ4v) is 2.25. The number of hydrogen-bond acceptors (Lipinski definition) is 4. The summed E-state index contributed by atoms with van der Waals surface area (Å²) < 4.78 is 2.29. The van der Waals surface area contributed by atoms with Gasteiger partial charge >= 0.3 is 0 Å². The molecule has 2 N–H and O–H groups in total. The second-order valence-corrected chi connectivity index (χ2v) is 5.02. The Kier molecular flexibility index (Phi) is 4.74. The van der Waals surface area contributed by atoms with Crippen LogP contribution in [0.3, 0.4) is 0 Å². The normalized spacial score (nSPS) is 10.6. The van der Waals surface area contributed by atoms with Gasteiger partial charge in [-0.3, -0.25) is 9.89 Å². The highest BCUT2D eigenvalue weighted by Gasteiger charge is 2.14. The van der Waals surface area contributed by atoms with E-state index in [2.05, 4.69) is 20.5 Å². The lowest BCUT2D eigenvalue weighted by Crippen LogP contribution is -2.26. The standard InChI is InChI=1S/C11H11Cl2N5OS/c1-2-18-8(16-17-11(18)20)5-14-10(19)9-6(12)3-4-7(13)15-9/h3-4H,2,5H2,1H3,(H,14,19)(H,17,20). The Morgan fingerprint density at radius 2 is 2.25 bits per heavy atom. The summed E-state index contributed by atoms with van der Waals surface area (Å²) in [5.41, 5.74) is 0.0800. The average Bonchev–Trinajstić information content (AvgIpc) is 2.79. The maximum atomic E-state index is 12.0. The Morgan fingerprint density at radius 3 is 2.95 bits per heavy atom. The molecule has 0 radical (unpaired) electrons. The number of nitrogens with zero attached hydrogens (tertiary/aromatic N) is 3. The number of amides is 1. The van der Waals surface area contributed by atoms with Crippen molar-refractivity contribution in [2.45, 2.75) is 20.0 Å². The maximum absolute atomic E-state index is 12.0. The lowest BCUT2D eigenvalue weighted by Gasteiger charge is -2.07. The van der Waals surface area contributed by atoms with Crippen LogP contribution in [0.15, 0.2) is 12.1 Å². The Balaban J connectivity index is 2.12. The van der Waals surface area contributed by atoms with Crippen molar-refractivity contribution >= 4 is 41.3 Å². The molecule has 2 heterocycles. The van der Waals surface area contributed by atoms with Crippen molar-refractivity contribution in [2.24, 2.45) is 0 Å². The smallest absolute Gasteiger partial charge is 0.271 e. The van der Waals surface area contributed by atoms with E-state index in [4.69, 9.17) is 35.4 Å². The zero-order chi connectivity index (χ0) is 14.7. The molecule has 0 aliphatic carbocycles. The molecule has 9 heteroatoms. The molecule has 20 heavy (non-hydrogen) atoms. The summed E-state index contributed by atoms with van der Waals surface area (Å²) in [6, 6.07) is 3.04. The van der Waals surface area contributed by atoms with Crippen molar-refractivity contribution in [2.75, 3.05) is 0 Å². The van der Waals surface area contributed by atoms with Gasteiger partial charge in [-0.25, -0.2) is 4.98 Å². The second-order valence-electron chi connectivity index (χ2n) is 3.84. The van der Waals surface area contributed by atoms with E-state index in [1.54, 1.807) is 4.57 Å². The van der Waals surface area contributed by atoms with Crippen molar-refractivity contribution in [1.82, 2.24) is 25.1 Å². The Morgan fingerprint density at radius 1 is 1.50 bits per heavy atom. The van der Waals surface area contributed by atoms with Gasteiger partial charge < -0.3 is 9.88 Å². The molecule has 0 aromatic carbocycles. The Bertz CT molecular complexity index is 696. The van der Waals surface area contributed by atoms with Crippen LogP contribution in [0.25, 0.3) is 0 Å². The van der Waals surface area contributed by atoms with Gasteiger partial charge in [-0.2, -0.15) is 5.10 Å².